The molecule has 4 rings (SSSR count). The number of ether oxygens (including phenoxy) is 4. The molecule has 2 N–H and O–H groups in total. The maximum atomic E-state index is 13.6. The van der Waals surface area contributed by atoms with Crippen LogP contribution in [0.3, 0.4) is 0 Å². The lowest BCUT2D eigenvalue weighted by Crippen LogP contribution is -2.51. The molecule has 0 saturated carbocycles. The van der Waals surface area contributed by atoms with Gasteiger partial charge in [0, 0.05) is 0 Å². The second-order valence-corrected chi connectivity index (χ2v) is 11.8. The summed E-state index contributed by atoms with van der Waals surface area (Å²) in [5.41, 5.74) is 0.840. The molecule has 0 aliphatic carbocycles. The fourth-order valence-electron chi connectivity index (χ4n) is 4.64. The number of nitrogens with zero attached hydrogens (tertiary/aromatic N) is 1. The second-order valence-electron chi connectivity index (χ2n) is 9.97. The molecule has 0 spiro atoms. The molecule has 11 nitrogen and oxygen atoms in total. The van der Waals surface area contributed by atoms with E-state index in [-0.39, 0.29) is 30.1 Å². The first-order valence-electron chi connectivity index (χ1n) is 13.5. The Morgan fingerprint density at radius 2 is 1.88 bits per heavy atom. The van der Waals surface area contributed by atoms with Gasteiger partial charge in [-0.05, 0) is 56.0 Å². The smallest absolute Gasteiger partial charge is 0.407 e. The molecule has 0 bridgehead atoms. The van der Waals surface area contributed by atoms with Crippen LogP contribution in [-0.2, 0) is 35.5 Å². The van der Waals surface area contributed by atoms with Gasteiger partial charge >= 0.3 is 6.09 Å². The molecule has 2 aliphatic heterocycles. The van der Waals surface area contributed by atoms with Gasteiger partial charge in [-0.25, -0.2) is 13.2 Å². The summed E-state index contributed by atoms with van der Waals surface area (Å²) in [4.78, 5) is 18.7. The van der Waals surface area contributed by atoms with E-state index in [2.05, 4.69) is 5.32 Å². The standard InChI is InChI=1S/C28H38N2O9S/c1-4-19(2)39-30(40(33,34)22-12-10-21(35-3)11-13-22)17-25(31)24(16-20-8-6-5-7-9-20)29-28(32)38-26-18-37-27-23(26)14-15-36-27/h5-13,19,23-27,31H,4,14-18H2,1-3H3,(H,29,32)/t19?,23?,24?,25-,26?,27-/m1/s1. The number of amides is 1. The number of methoxy groups -OCH3 is 1. The lowest BCUT2D eigenvalue weighted by atomic mass is 10.0. The summed E-state index contributed by atoms with van der Waals surface area (Å²) in [5.74, 6) is 0.458. The molecular weight excluding hydrogens is 540 g/mol. The van der Waals surface area contributed by atoms with Crippen molar-refractivity contribution in [3.05, 3.63) is 60.2 Å². The zero-order valence-corrected chi connectivity index (χ0v) is 23.8. The molecule has 2 heterocycles. The third kappa shape index (κ3) is 7.50. The Labute approximate surface area is 235 Å². The highest BCUT2D eigenvalue weighted by Gasteiger charge is 2.44. The molecule has 4 unspecified atom stereocenters. The van der Waals surface area contributed by atoms with Gasteiger partial charge in [-0.15, -0.1) is 0 Å². The summed E-state index contributed by atoms with van der Waals surface area (Å²) in [7, 11) is -2.68. The van der Waals surface area contributed by atoms with E-state index in [0.717, 1.165) is 16.5 Å². The van der Waals surface area contributed by atoms with E-state index in [1.807, 2.05) is 37.3 Å². The molecule has 6 atom stereocenters. The minimum atomic E-state index is -4.17. The first-order valence-corrected chi connectivity index (χ1v) is 14.9. The van der Waals surface area contributed by atoms with Gasteiger partial charge in [0.25, 0.3) is 10.0 Å². The summed E-state index contributed by atoms with van der Waals surface area (Å²) < 4.78 is 49.8. The third-order valence-electron chi connectivity index (χ3n) is 7.14. The van der Waals surface area contributed by atoms with Crippen molar-refractivity contribution in [3.8, 4) is 5.75 Å². The molecule has 1 amide bonds. The number of nitrogens with one attached hydrogen (secondary N) is 1. The number of hydrogen-bond acceptors (Lipinski definition) is 9. The Balaban J connectivity index is 1.52. The number of carbonyl (C=O) groups excluding carboxylic acids is 1. The molecule has 0 aromatic heterocycles. The van der Waals surface area contributed by atoms with Crippen LogP contribution >= 0.6 is 0 Å². The van der Waals surface area contributed by atoms with Gasteiger partial charge in [-0.3, -0.25) is 4.84 Å². The SMILES string of the molecule is CCC(C)ON(C[C@@H](O)C(Cc1ccccc1)NC(=O)OC1CO[C@H]2OCCC12)S(=O)(=O)c1ccc(OC)cc1. The van der Waals surface area contributed by atoms with Crippen molar-refractivity contribution in [2.75, 3.05) is 26.9 Å². The molecule has 2 saturated heterocycles. The minimum Gasteiger partial charge on any atom is -0.497 e. The van der Waals surface area contributed by atoms with Gasteiger partial charge in [0.2, 0.25) is 0 Å². The lowest BCUT2D eigenvalue weighted by Gasteiger charge is -2.30. The molecule has 12 heteroatoms. The average Bonchev–Trinajstić information content (AvgIpc) is 3.58. The number of fused-ring (bicyclic) bond motifs is 1. The van der Waals surface area contributed by atoms with Crippen LogP contribution in [-0.4, -0.2) is 81.6 Å². The van der Waals surface area contributed by atoms with E-state index >= 15 is 0 Å². The Kier molecular flexibility index (Phi) is 10.4. The Hall–Kier alpha value is -2.74. The second kappa shape index (κ2) is 13.7. The topological polar surface area (TPSA) is 133 Å². The molecule has 40 heavy (non-hydrogen) atoms. The first kappa shape index (κ1) is 30.2. The van der Waals surface area contributed by atoms with Crippen LogP contribution in [0.1, 0.15) is 32.3 Å². The molecule has 0 radical (unpaired) electrons. The third-order valence-corrected chi connectivity index (χ3v) is 8.78. The van der Waals surface area contributed by atoms with Gasteiger partial charge < -0.3 is 29.4 Å². The highest BCUT2D eigenvalue weighted by molar-refractivity contribution is 7.89. The number of aliphatic hydroxyl groups excluding tert-OH is 1. The largest absolute Gasteiger partial charge is 0.497 e. The fourth-order valence-corrected chi connectivity index (χ4v) is 5.96. The highest BCUT2D eigenvalue weighted by Crippen LogP contribution is 2.33. The van der Waals surface area contributed by atoms with E-state index in [9.17, 15) is 18.3 Å². The van der Waals surface area contributed by atoms with E-state index in [1.54, 1.807) is 6.92 Å². The monoisotopic (exact) mass is 578 g/mol. The van der Waals surface area contributed by atoms with Gasteiger partial charge in [-0.1, -0.05) is 41.7 Å². The Morgan fingerprint density at radius 3 is 2.55 bits per heavy atom. The van der Waals surface area contributed by atoms with Crippen LogP contribution < -0.4 is 10.1 Å². The quantitative estimate of drug-likeness (QED) is 0.344. The van der Waals surface area contributed by atoms with Crippen molar-refractivity contribution in [1.29, 1.82) is 0 Å². The highest BCUT2D eigenvalue weighted by atomic mass is 32.2. The van der Waals surface area contributed by atoms with Crippen LogP contribution in [0.2, 0.25) is 0 Å². The van der Waals surface area contributed by atoms with E-state index in [4.69, 9.17) is 23.8 Å². The van der Waals surface area contributed by atoms with Crippen LogP contribution in [0, 0.1) is 5.92 Å². The first-order chi connectivity index (χ1) is 19.2. The Bertz CT molecular complexity index is 1200. The molecule has 2 aromatic rings. The van der Waals surface area contributed by atoms with Crippen molar-refractivity contribution in [3.63, 3.8) is 0 Å². The average molecular weight is 579 g/mol. The lowest BCUT2D eigenvalue weighted by molar-refractivity contribution is -0.142. The number of rotatable bonds is 13. The summed E-state index contributed by atoms with van der Waals surface area (Å²) in [6.07, 6.45) is -1.87. The molecular formula is C28H38N2O9S. The summed E-state index contributed by atoms with van der Waals surface area (Å²) in [6.45, 7) is 3.94. The van der Waals surface area contributed by atoms with Crippen LogP contribution in [0.5, 0.6) is 5.75 Å². The van der Waals surface area contributed by atoms with Crippen molar-refractivity contribution < 1.29 is 42.1 Å². The van der Waals surface area contributed by atoms with Crippen LogP contribution in [0.25, 0.3) is 0 Å². The molecule has 220 valence electrons. The summed E-state index contributed by atoms with van der Waals surface area (Å²) >= 11 is 0. The zero-order valence-electron chi connectivity index (χ0n) is 23.0. The number of carbonyl (C=O) groups is 1. The number of hydroxylamine groups is 1. The van der Waals surface area contributed by atoms with Gasteiger partial charge in [0.15, 0.2) is 6.29 Å². The number of hydrogen-bond donors (Lipinski definition) is 2. The van der Waals surface area contributed by atoms with Crippen molar-refractivity contribution >= 4 is 16.1 Å². The normalized spacial score (nSPS) is 22.9. The summed E-state index contributed by atoms with van der Waals surface area (Å²) in [5, 5.41) is 14.1. The maximum Gasteiger partial charge on any atom is 0.407 e. The maximum absolute atomic E-state index is 13.6. The van der Waals surface area contributed by atoms with Gasteiger partial charge in [0.05, 0.1) is 55.9 Å². The number of sulfonamides is 1. The van der Waals surface area contributed by atoms with Crippen LogP contribution in [0.15, 0.2) is 59.5 Å². The van der Waals surface area contributed by atoms with Crippen molar-refractivity contribution in [2.45, 2.75) is 68.6 Å². The molecule has 2 aliphatic rings. The zero-order chi connectivity index (χ0) is 28.7. The fraction of sp³-hybridized carbons (Fsp3) is 0.536. The number of aliphatic hydroxyl groups is 1. The predicted octanol–water partition coefficient (Wildman–Crippen LogP) is 2.88. The van der Waals surface area contributed by atoms with E-state index in [1.165, 1.54) is 31.4 Å². The molecule has 2 aromatic carbocycles. The van der Waals surface area contributed by atoms with Crippen molar-refractivity contribution in [1.82, 2.24) is 9.79 Å². The van der Waals surface area contributed by atoms with Crippen molar-refractivity contribution in [2.24, 2.45) is 5.92 Å². The molecule has 2 fully saturated rings. The number of alkyl carbamates (subject to hydrolysis) is 1. The summed E-state index contributed by atoms with van der Waals surface area (Å²) in [6, 6.07) is 14.3. The minimum absolute atomic E-state index is 0.0228. The Morgan fingerprint density at radius 1 is 1.15 bits per heavy atom. The van der Waals surface area contributed by atoms with Crippen LogP contribution in [0.4, 0.5) is 4.79 Å². The van der Waals surface area contributed by atoms with E-state index in [0.29, 0.717) is 18.8 Å². The van der Waals surface area contributed by atoms with Gasteiger partial charge in [-0.2, -0.15) is 0 Å². The number of benzene rings is 2. The predicted molar refractivity (Wildman–Crippen MR) is 145 cm³/mol. The van der Waals surface area contributed by atoms with Gasteiger partial charge in [0.1, 0.15) is 11.9 Å². The van der Waals surface area contributed by atoms with E-state index < -0.39 is 47.0 Å².